The van der Waals surface area contributed by atoms with Gasteiger partial charge in [0.25, 0.3) is 0 Å². The summed E-state index contributed by atoms with van der Waals surface area (Å²) in [7, 11) is 3.59. The van der Waals surface area contributed by atoms with Gasteiger partial charge in [0, 0.05) is 46.9 Å². The molecular formula is C17H21BrN2OS. The number of carbonyl (C=O) groups excluding carboxylic acids is 1. The van der Waals surface area contributed by atoms with Crippen molar-refractivity contribution in [2.24, 2.45) is 0 Å². The molecule has 1 heterocycles. The fraction of sp³-hybridized carbons (Fsp3) is 0.353. The van der Waals surface area contributed by atoms with Crippen molar-refractivity contribution in [1.82, 2.24) is 10.2 Å². The van der Waals surface area contributed by atoms with E-state index in [0.717, 1.165) is 24.0 Å². The molecule has 1 aromatic carbocycles. The molecule has 0 radical (unpaired) electrons. The first kappa shape index (κ1) is 17.2. The minimum atomic E-state index is 0.189. The molecule has 1 aromatic heterocycles. The Kier molecular flexibility index (Phi) is 6.61. The number of amides is 1. The number of hydrogen-bond donors (Lipinski definition) is 1. The van der Waals surface area contributed by atoms with E-state index in [0.29, 0.717) is 6.42 Å². The largest absolute Gasteiger partial charge is 0.349 e. The van der Waals surface area contributed by atoms with Gasteiger partial charge in [-0.2, -0.15) is 0 Å². The molecule has 0 aliphatic rings. The average molecular weight is 381 g/mol. The molecular weight excluding hydrogens is 360 g/mol. The molecule has 0 saturated carbocycles. The monoisotopic (exact) mass is 380 g/mol. The van der Waals surface area contributed by atoms with E-state index in [-0.39, 0.29) is 5.91 Å². The normalized spacial score (nSPS) is 10.7. The maximum Gasteiger partial charge on any atom is 0.222 e. The average Bonchev–Trinajstić information content (AvgIpc) is 2.95. The number of benzene rings is 1. The molecule has 0 bridgehead atoms. The summed E-state index contributed by atoms with van der Waals surface area (Å²) in [6, 6.07) is 12.6. The molecule has 0 aliphatic carbocycles. The summed E-state index contributed by atoms with van der Waals surface area (Å²) in [4.78, 5) is 15.7. The number of halogens is 1. The third-order valence-electron chi connectivity index (χ3n) is 3.34. The van der Waals surface area contributed by atoms with Crippen molar-refractivity contribution in [2.45, 2.75) is 19.4 Å². The van der Waals surface area contributed by atoms with Crippen LogP contribution in [0.1, 0.15) is 17.7 Å². The van der Waals surface area contributed by atoms with Gasteiger partial charge in [0.15, 0.2) is 0 Å². The Morgan fingerprint density at radius 3 is 2.73 bits per heavy atom. The smallest absolute Gasteiger partial charge is 0.222 e. The second-order valence-electron chi connectivity index (χ2n) is 5.31. The van der Waals surface area contributed by atoms with Gasteiger partial charge in [-0.1, -0.05) is 34.1 Å². The molecule has 3 nitrogen and oxygen atoms in total. The molecule has 0 atom stereocenters. The molecule has 0 spiro atoms. The molecule has 1 N–H and O–H groups in total. The number of thiophene rings is 1. The third kappa shape index (κ3) is 4.93. The lowest BCUT2D eigenvalue weighted by Gasteiger charge is -2.09. The molecule has 22 heavy (non-hydrogen) atoms. The van der Waals surface area contributed by atoms with Crippen LogP contribution >= 0.6 is 27.3 Å². The zero-order valence-corrected chi connectivity index (χ0v) is 15.3. The first-order valence-corrected chi connectivity index (χ1v) is 8.93. The summed E-state index contributed by atoms with van der Waals surface area (Å²) in [5.41, 5.74) is 1.23. The molecule has 0 fully saturated rings. The lowest BCUT2D eigenvalue weighted by Crippen LogP contribution is -2.23. The molecule has 0 aliphatic heterocycles. The molecule has 5 heteroatoms. The quantitative estimate of drug-likeness (QED) is 0.732. The zero-order chi connectivity index (χ0) is 15.9. The van der Waals surface area contributed by atoms with Gasteiger partial charge in [-0.15, -0.1) is 11.3 Å². The van der Waals surface area contributed by atoms with Gasteiger partial charge in [0.1, 0.15) is 0 Å². The van der Waals surface area contributed by atoms with E-state index < -0.39 is 0 Å². The Bertz CT molecular complexity index is 625. The van der Waals surface area contributed by atoms with Crippen LogP contribution in [0.2, 0.25) is 0 Å². The van der Waals surface area contributed by atoms with Gasteiger partial charge >= 0.3 is 0 Å². The van der Waals surface area contributed by atoms with Gasteiger partial charge in [-0.05, 0) is 31.2 Å². The zero-order valence-electron chi connectivity index (χ0n) is 12.9. The Morgan fingerprint density at radius 1 is 1.23 bits per heavy atom. The first-order chi connectivity index (χ1) is 10.6. The highest BCUT2D eigenvalue weighted by Crippen LogP contribution is 2.33. The van der Waals surface area contributed by atoms with Crippen LogP contribution in [0.5, 0.6) is 0 Å². The van der Waals surface area contributed by atoms with Crippen LogP contribution < -0.4 is 5.32 Å². The highest BCUT2D eigenvalue weighted by atomic mass is 79.9. The summed E-state index contributed by atoms with van der Waals surface area (Å²) >= 11 is 5.40. The van der Waals surface area contributed by atoms with Crippen molar-refractivity contribution in [3.8, 4) is 10.4 Å². The van der Waals surface area contributed by atoms with Crippen molar-refractivity contribution in [3.63, 3.8) is 0 Å². The summed E-state index contributed by atoms with van der Waals surface area (Å²) in [5, 5.41) is 3.40. The van der Waals surface area contributed by atoms with E-state index in [1.165, 1.54) is 15.3 Å². The van der Waals surface area contributed by atoms with Crippen molar-refractivity contribution < 1.29 is 4.79 Å². The van der Waals surface area contributed by atoms with E-state index >= 15 is 0 Å². The van der Waals surface area contributed by atoms with Gasteiger partial charge in [0.2, 0.25) is 5.91 Å². The predicted octanol–water partition coefficient (Wildman–Crippen LogP) is 4.14. The summed E-state index contributed by atoms with van der Waals surface area (Å²) in [5.74, 6) is 0.189. The van der Waals surface area contributed by atoms with Crippen LogP contribution in [0.3, 0.4) is 0 Å². The number of carbonyl (C=O) groups is 1. The Morgan fingerprint density at radius 2 is 2.00 bits per heavy atom. The van der Waals surface area contributed by atoms with Crippen molar-refractivity contribution in [1.29, 1.82) is 0 Å². The fourth-order valence-electron chi connectivity index (χ4n) is 2.08. The van der Waals surface area contributed by atoms with Gasteiger partial charge in [-0.3, -0.25) is 4.79 Å². The number of nitrogens with zero attached hydrogens (tertiary/aromatic N) is 1. The lowest BCUT2D eigenvalue weighted by molar-refractivity contribution is -0.128. The van der Waals surface area contributed by atoms with Crippen LogP contribution in [0.4, 0.5) is 0 Å². The predicted molar refractivity (Wildman–Crippen MR) is 97.1 cm³/mol. The first-order valence-electron chi connectivity index (χ1n) is 7.32. The van der Waals surface area contributed by atoms with Crippen molar-refractivity contribution >= 4 is 33.2 Å². The van der Waals surface area contributed by atoms with E-state index in [1.54, 1.807) is 30.3 Å². The molecule has 2 aromatic rings. The topological polar surface area (TPSA) is 32.3 Å². The van der Waals surface area contributed by atoms with Crippen LogP contribution in [-0.2, 0) is 11.3 Å². The Balaban J connectivity index is 1.79. The highest BCUT2D eigenvalue weighted by Gasteiger charge is 2.06. The maximum absolute atomic E-state index is 11.5. The Labute approximate surface area is 144 Å². The molecule has 118 valence electrons. The minimum absolute atomic E-state index is 0.189. The fourth-order valence-corrected chi connectivity index (χ4v) is 3.72. The Hall–Kier alpha value is -1.17. The van der Waals surface area contributed by atoms with E-state index in [1.807, 2.05) is 6.07 Å². The van der Waals surface area contributed by atoms with Gasteiger partial charge in [-0.25, -0.2) is 0 Å². The van der Waals surface area contributed by atoms with Crippen molar-refractivity contribution in [3.05, 3.63) is 45.7 Å². The standard InChI is InChI=1S/C17H21BrN2OS/c1-20(2)17(21)8-5-11-19-12-13-9-10-16(22-13)14-6-3-4-7-15(14)18/h3-4,6-7,9-10,19H,5,8,11-12H2,1-2H3. The van der Waals surface area contributed by atoms with Gasteiger partial charge in [0.05, 0.1) is 0 Å². The summed E-state index contributed by atoms with van der Waals surface area (Å²) in [6.45, 7) is 1.72. The van der Waals surface area contributed by atoms with E-state index in [2.05, 4.69) is 51.6 Å². The van der Waals surface area contributed by atoms with Crippen LogP contribution in [-0.4, -0.2) is 31.4 Å². The number of rotatable bonds is 7. The van der Waals surface area contributed by atoms with Crippen LogP contribution in [0, 0.1) is 0 Å². The van der Waals surface area contributed by atoms with Crippen molar-refractivity contribution in [2.75, 3.05) is 20.6 Å². The molecule has 0 saturated heterocycles. The highest BCUT2D eigenvalue weighted by molar-refractivity contribution is 9.10. The van der Waals surface area contributed by atoms with E-state index in [4.69, 9.17) is 0 Å². The second-order valence-corrected chi connectivity index (χ2v) is 7.34. The molecule has 0 unspecified atom stereocenters. The second kappa shape index (κ2) is 8.46. The maximum atomic E-state index is 11.5. The third-order valence-corrected chi connectivity index (χ3v) is 5.15. The molecule has 1 amide bonds. The lowest BCUT2D eigenvalue weighted by atomic mass is 10.2. The van der Waals surface area contributed by atoms with Gasteiger partial charge < -0.3 is 10.2 Å². The summed E-state index contributed by atoms with van der Waals surface area (Å²) in [6.07, 6.45) is 1.48. The summed E-state index contributed by atoms with van der Waals surface area (Å²) < 4.78 is 1.12. The minimum Gasteiger partial charge on any atom is -0.349 e. The number of nitrogens with one attached hydrogen (secondary N) is 1. The van der Waals surface area contributed by atoms with Crippen LogP contribution in [0.15, 0.2) is 40.9 Å². The SMILES string of the molecule is CN(C)C(=O)CCCNCc1ccc(-c2ccccc2Br)s1. The number of hydrogen-bond acceptors (Lipinski definition) is 3. The van der Waals surface area contributed by atoms with E-state index in [9.17, 15) is 4.79 Å². The van der Waals surface area contributed by atoms with Crippen LogP contribution in [0.25, 0.3) is 10.4 Å². The molecule has 2 rings (SSSR count).